The summed E-state index contributed by atoms with van der Waals surface area (Å²) in [5.41, 5.74) is 6.16. The fourth-order valence-electron chi connectivity index (χ4n) is 5.82. The van der Waals surface area contributed by atoms with Crippen LogP contribution in [0.25, 0.3) is 0 Å². The molecule has 1 aromatic carbocycles. The smallest absolute Gasteiger partial charge is 1.00 e. The van der Waals surface area contributed by atoms with Gasteiger partial charge >= 0.3 is 45.8 Å². The molecule has 1 fully saturated rings. The molecule has 1 aliphatic heterocycles. The van der Waals surface area contributed by atoms with E-state index in [0.29, 0.717) is 31.7 Å². The quantitative estimate of drug-likeness (QED) is 0.441. The van der Waals surface area contributed by atoms with E-state index in [1.165, 1.54) is 15.4 Å². The van der Waals surface area contributed by atoms with Gasteiger partial charge in [0.05, 0.1) is 25.0 Å². The SMILES string of the molecule is COCCn1cc(N(C2CCN(C)CC2)S(=O)(=O)NC(=O)Nc2c3c(cc4c2CCC4)CCC3)cn1.[H-].[Na+]. The van der Waals surface area contributed by atoms with Gasteiger partial charge in [0.1, 0.15) is 0 Å². The molecule has 3 aliphatic rings. The molecule has 5 rings (SSSR count). The van der Waals surface area contributed by atoms with E-state index in [9.17, 15) is 13.2 Å². The van der Waals surface area contributed by atoms with Gasteiger partial charge in [-0.1, -0.05) is 6.07 Å². The summed E-state index contributed by atoms with van der Waals surface area (Å²) in [6.07, 6.45) is 10.5. The van der Waals surface area contributed by atoms with Gasteiger partial charge in [-0.3, -0.25) is 4.68 Å². The van der Waals surface area contributed by atoms with Crippen molar-refractivity contribution in [3.63, 3.8) is 0 Å². The Morgan fingerprint density at radius 1 is 1.16 bits per heavy atom. The molecule has 0 spiro atoms. The Balaban J connectivity index is 0.00000200. The zero-order valence-corrected chi connectivity index (χ0v) is 24.9. The van der Waals surface area contributed by atoms with Crippen LogP contribution in [-0.4, -0.2) is 69.0 Å². The summed E-state index contributed by atoms with van der Waals surface area (Å²) < 4.78 is 37.8. The van der Waals surface area contributed by atoms with Gasteiger partial charge in [0.2, 0.25) is 0 Å². The maximum Gasteiger partial charge on any atom is 1.00 e. The summed E-state index contributed by atoms with van der Waals surface area (Å²) in [7, 11) is -0.540. The minimum absolute atomic E-state index is 0. The Kier molecular flexibility index (Phi) is 9.24. The molecule has 2 N–H and O–H groups in total. The fraction of sp³-hybridized carbons (Fsp3) is 0.600. The number of carbonyl (C=O) groups is 1. The third-order valence-corrected chi connectivity index (χ3v) is 9.08. The number of hydrogen-bond donors (Lipinski definition) is 2. The Morgan fingerprint density at radius 2 is 1.81 bits per heavy atom. The predicted molar refractivity (Wildman–Crippen MR) is 140 cm³/mol. The molecule has 0 saturated carbocycles. The van der Waals surface area contributed by atoms with Crippen molar-refractivity contribution >= 4 is 27.6 Å². The minimum Gasteiger partial charge on any atom is -1.00 e. The second-order valence-electron chi connectivity index (χ2n) is 10.1. The van der Waals surface area contributed by atoms with E-state index in [1.807, 2.05) is 7.05 Å². The van der Waals surface area contributed by atoms with Crippen LogP contribution in [0.15, 0.2) is 18.5 Å². The van der Waals surface area contributed by atoms with Crippen LogP contribution in [0.3, 0.4) is 0 Å². The number of fused-ring (bicyclic) bond motifs is 2. The summed E-state index contributed by atoms with van der Waals surface area (Å²) in [6, 6.07) is 1.30. The van der Waals surface area contributed by atoms with Crippen LogP contribution >= 0.6 is 0 Å². The third-order valence-electron chi connectivity index (χ3n) is 7.61. The number of likely N-dealkylation sites (tertiary alicyclic amines) is 1. The fourth-order valence-corrected chi connectivity index (χ4v) is 7.18. The molecule has 0 bridgehead atoms. The van der Waals surface area contributed by atoms with Crippen LogP contribution in [0.1, 0.15) is 49.4 Å². The average Bonchev–Trinajstić information content (AvgIpc) is 3.59. The summed E-state index contributed by atoms with van der Waals surface area (Å²) in [6.45, 7) is 2.54. The molecule has 0 radical (unpaired) electrons. The first-order valence-electron chi connectivity index (χ1n) is 12.9. The van der Waals surface area contributed by atoms with Crippen molar-refractivity contribution < 1.29 is 48.9 Å². The first kappa shape index (κ1) is 28.4. The molecule has 10 nitrogen and oxygen atoms in total. The Labute approximate surface area is 243 Å². The number of methoxy groups -OCH3 is 1. The van der Waals surface area contributed by atoms with Crippen molar-refractivity contribution in [2.75, 3.05) is 43.5 Å². The summed E-state index contributed by atoms with van der Waals surface area (Å²) >= 11 is 0. The van der Waals surface area contributed by atoms with E-state index in [0.717, 1.165) is 68.4 Å². The molecule has 0 unspecified atom stereocenters. The number of hydrogen-bond acceptors (Lipinski definition) is 6. The monoisotopic (exact) mass is 540 g/mol. The topological polar surface area (TPSA) is 109 Å². The van der Waals surface area contributed by atoms with Gasteiger partial charge in [-0.15, -0.1) is 0 Å². The van der Waals surface area contributed by atoms with Crippen molar-refractivity contribution in [2.45, 2.75) is 64.0 Å². The van der Waals surface area contributed by atoms with Crippen LogP contribution in [-0.2, 0) is 47.2 Å². The van der Waals surface area contributed by atoms with Crippen molar-refractivity contribution in [1.29, 1.82) is 0 Å². The van der Waals surface area contributed by atoms with Crippen LogP contribution in [0.5, 0.6) is 0 Å². The maximum atomic E-state index is 13.7. The van der Waals surface area contributed by atoms with Gasteiger partial charge in [-0.2, -0.15) is 13.5 Å². The molecule has 2 amide bonds. The van der Waals surface area contributed by atoms with Gasteiger partial charge in [0.15, 0.2) is 0 Å². The molecular formula is C25H37N6NaO4S. The molecule has 37 heavy (non-hydrogen) atoms. The number of aromatic nitrogens is 2. The average molecular weight is 541 g/mol. The van der Waals surface area contributed by atoms with E-state index in [-0.39, 0.29) is 37.0 Å². The molecular weight excluding hydrogens is 503 g/mol. The first-order valence-corrected chi connectivity index (χ1v) is 14.3. The Bertz CT molecular complexity index is 1200. The van der Waals surface area contributed by atoms with Crippen molar-refractivity contribution in [2.24, 2.45) is 0 Å². The maximum absolute atomic E-state index is 13.7. The molecule has 0 atom stereocenters. The van der Waals surface area contributed by atoms with Crippen LogP contribution in [0.2, 0.25) is 0 Å². The summed E-state index contributed by atoms with van der Waals surface area (Å²) in [4.78, 5) is 15.4. The van der Waals surface area contributed by atoms with Gasteiger partial charge in [-0.25, -0.2) is 13.8 Å². The summed E-state index contributed by atoms with van der Waals surface area (Å²) in [5.74, 6) is 0. The number of piperidine rings is 1. The number of nitrogens with zero attached hydrogens (tertiary/aromatic N) is 4. The van der Waals surface area contributed by atoms with E-state index in [2.05, 4.69) is 26.1 Å². The van der Waals surface area contributed by atoms with E-state index in [4.69, 9.17) is 4.74 Å². The molecule has 12 heteroatoms. The largest absolute Gasteiger partial charge is 1.00 e. The number of ether oxygens (including phenoxy) is 1. The Morgan fingerprint density at radius 3 is 2.43 bits per heavy atom. The zero-order chi connectivity index (χ0) is 25.3. The zero-order valence-electron chi connectivity index (χ0n) is 23.1. The van der Waals surface area contributed by atoms with Crippen molar-refractivity contribution in [1.82, 2.24) is 19.4 Å². The number of rotatable bonds is 8. The molecule has 1 saturated heterocycles. The van der Waals surface area contributed by atoms with E-state index < -0.39 is 16.2 Å². The van der Waals surface area contributed by atoms with Crippen LogP contribution in [0.4, 0.5) is 16.2 Å². The number of amides is 2. The van der Waals surface area contributed by atoms with Gasteiger partial charge < -0.3 is 16.4 Å². The number of anilines is 2. The number of urea groups is 1. The predicted octanol–water partition coefficient (Wildman–Crippen LogP) is -0.409. The molecule has 1 aromatic heterocycles. The summed E-state index contributed by atoms with van der Waals surface area (Å²) in [5, 5.41) is 7.26. The second kappa shape index (κ2) is 12.0. The number of benzene rings is 1. The number of nitrogens with one attached hydrogen (secondary N) is 2. The molecule has 2 heterocycles. The van der Waals surface area contributed by atoms with E-state index >= 15 is 0 Å². The standard InChI is InChI=1S/C25H36N6O4S.Na.H/c1-29-11-9-20(10-12-29)31(21-16-26-30(17-21)13-14-35-2)36(33,34)28-25(32)27-24-22-7-3-5-18(22)15-19-6-4-8-23(19)24;;/h15-17,20H,3-14H2,1-2H3,(H2,27,28,32);;/q;+1;-1. The van der Waals surface area contributed by atoms with E-state index in [1.54, 1.807) is 24.2 Å². The van der Waals surface area contributed by atoms with Gasteiger partial charge in [0.25, 0.3) is 0 Å². The molecule has 2 aromatic rings. The number of aryl methyl sites for hydroxylation is 2. The van der Waals surface area contributed by atoms with Crippen LogP contribution in [0, 0.1) is 0 Å². The number of carbonyl (C=O) groups excluding carboxylic acids is 1. The van der Waals surface area contributed by atoms with Gasteiger partial charge in [-0.05, 0) is 93.8 Å². The van der Waals surface area contributed by atoms with Crippen molar-refractivity contribution in [3.8, 4) is 0 Å². The Hall–Kier alpha value is -1.63. The van der Waals surface area contributed by atoms with Crippen LogP contribution < -0.4 is 43.9 Å². The van der Waals surface area contributed by atoms with Gasteiger partial charge in [0, 0.05) is 25.0 Å². The second-order valence-corrected chi connectivity index (χ2v) is 11.6. The molecule has 198 valence electrons. The third kappa shape index (κ3) is 6.17. The van der Waals surface area contributed by atoms with Crippen molar-refractivity contribution in [3.05, 3.63) is 40.7 Å². The normalized spacial score (nSPS) is 17.7. The minimum atomic E-state index is -4.18. The first-order chi connectivity index (χ1) is 17.4. The molecule has 2 aliphatic carbocycles.